The molecule has 0 saturated heterocycles. The highest BCUT2D eigenvalue weighted by molar-refractivity contribution is 9.10. The molecular formula is C48H75BrN2O8S2. The number of carbonyl (C=O) groups excluding carboxylic acids is 2. The molecule has 13 heteroatoms. The maximum Gasteiger partial charge on any atom is 0.306 e. The summed E-state index contributed by atoms with van der Waals surface area (Å²) < 4.78 is 55.2. The number of nitrogens with two attached hydrogens (primary N) is 2. The Balaban J connectivity index is 0.000000991. The summed E-state index contributed by atoms with van der Waals surface area (Å²) in [5, 5.41) is 9.94. The van der Waals surface area contributed by atoms with Crippen LogP contribution >= 0.6 is 15.9 Å². The summed E-state index contributed by atoms with van der Waals surface area (Å²) >= 11 is 3.18. The van der Waals surface area contributed by atoms with Crippen LogP contribution in [0, 0.1) is 24.2 Å². The van der Waals surface area contributed by atoms with E-state index in [1.165, 1.54) is 108 Å². The Morgan fingerprint density at radius 3 is 1.18 bits per heavy atom. The number of benzene rings is 2. The summed E-state index contributed by atoms with van der Waals surface area (Å²) in [5.74, 6) is 8.72. The van der Waals surface area contributed by atoms with Crippen molar-refractivity contribution in [1.82, 2.24) is 0 Å². The molecule has 0 aliphatic carbocycles. The summed E-state index contributed by atoms with van der Waals surface area (Å²) in [6, 6.07) is 12.5. The molecule has 61 heavy (non-hydrogen) atoms. The molecule has 0 atom stereocenters. The van der Waals surface area contributed by atoms with Gasteiger partial charge in [0.05, 0.1) is 9.79 Å². The zero-order valence-electron chi connectivity index (χ0n) is 37.9. The first kappa shape index (κ1) is 57.8. The summed E-state index contributed by atoms with van der Waals surface area (Å²) in [7, 11) is -7.18. The highest BCUT2D eigenvalue weighted by Gasteiger charge is 2.16. The smallest absolute Gasteiger partial charge is 0.306 e. The molecule has 0 aliphatic heterocycles. The van der Waals surface area contributed by atoms with Gasteiger partial charge in [0.25, 0.3) is 0 Å². The Hall–Kier alpha value is -3.20. The molecule has 0 aromatic heterocycles. The number of primary sulfonamides is 2. The third kappa shape index (κ3) is 37.1. The molecule has 0 bridgehead atoms. The van der Waals surface area contributed by atoms with Crippen molar-refractivity contribution < 1.29 is 35.9 Å². The molecule has 2 aromatic rings. The summed E-state index contributed by atoms with van der Waals surface area (Å²) in [6.45, 7) is 11.4. The van der Waals surface area contributed by atoms with Crippen LogP contribution in [0.2, 0.25) is 0 Å². The third-order valence-corrected chi connectivity index (χ3v) is 11.2. The Morgan fingerprint density at radius 2 is 0.852 bits per heavy atom. The van der Waals surface area contributed by atoms with E-state index < -0.39 is 20.0 Å². The van der Waals surface area contributed by atoms with Gasteiger partial charge in [-0.05, 0) is 116 Å². The minimum absolute atomic E-state index is 0.0639. The Labute approximate surface area is 378 Å². The number of halogens is 1. The molecule has 0 saturated carbocycles. The van der Waals surface area contributed by atoms with Gasteiger partial charge in [-0.15, -0.1) is 12.3 Å². The lowest BCUT2D eigenvalue weighted by molar-refractivity contribution is -0.156. The van der Waals surface area contributed by atoms with Crippen LogP contribution in [0.5, 0.6) is 0 Å². The minimum Gasteiger partial charge on any atom is -0.460 e. The van der Waals surface area contributed by atoms with Gasteiger partial charge in [0.15, 0.2) is 0 Å². The van der Waals surface area contributed by atoms with Crippen molar-refractivity contribution in [1.29, 1.82) is 0 Å². The molecule has 4 N–H and O–H groups in total. The number of esters is 2. The topological polar surface area (TPSA) is 173 Å². The van der Waals surface area contributed by atoms with Gasteiger partial charge in [0.2, 0.25) is 20.0 Å². The molecule has 0 aliphatic rings. The van der Waals surface area contributed by atoms with Gasteiger partial charge in [0, 0.05) is 35.7 Å². The molecule has 10 nitrogen and oxygen atoms in total. The van der Waals surface area contributed by atoms with Crippen molar-refractivity contribution in [2.75, 3.05) is 0 Å². The highest BCUT2D eigenvalue weighted by Crippen LogP contribution is 2.16. The van der Waals surface area contributed by atoms with Gasteiger partial charge in [-0.25, -0.2) is 27.1 Å². The Kier molecular flexibility index (Phi) is 30.8. The average molecular weight is 952 g/mol. The van der Waals surface area contributed by atoms with Crippen molar-refractivity contribution in [2.24, 2.45) is 10.3 Å². The number of terminal acetylenes is 1. The lowest BCUT2D eigenvalue weighted by atomic mass is 10.1. The van der Waals surface area contributed by atoms with Gasteiger partial charge in [-0.3, -0.25) is 9.59 Å². The third-order valence-electron chi connectivity index (χ3n) is 8.78. The van der Waals surface area contributed by atoms with E-state index in [-0.39, 0.29) is 32.9 Å². The van der Waals surface area contributed by atoms with Gasteiger partial charge >= 0.3 is 11.9 Å². The number of ether oxygens (including phenoxy) is 2. The van der Waals surface area contributed by atoms with Crippen LogP contribution in [0.15, 0.2) is 62.8 Å². The fraction of sp³-hybridized carbons (Fsp3) is 0.625. The van der Waals surface area contributed by atoms with Crippen LogP contribution in [-0.4, -0.2) is 40.0 Å². The molecule has 2 aromatic carbocycles. The van der Waals surface area contributed by atoms with Crippen LogP contribution in [0.1, 0.15) is 188 Å². The van der Waals surface area contributed by atoms with E-state index >= 15 is 0 Å². The average Bonchev–Trinajstić information content (AvgIpc) is 3.14. The largest absolute Gasteiger partial charge is 0.460 e. The van der Waals surface area contributed by atoms with E-state index in [1.807, 2.05) is 41.5 Å². The molecule has 0 heterocycles. The summed E-state index contributed by atoms with van der Waals surface area (Å²) in [4.78, 5) is 23.3. The highest BCUT2D eigenvalue weighted by atomic mass is 79.9. The normalized spacial score (nSPS) is 11.4. The number of hydrogen-bond donors (Lipinski definition) is 2. The van der Waals surface area contributed by atoms with Crippen molar-refractivity contribution in [2.45, 2.75) is 204 Å². The molecule has 0 radical (unpaired) electrons. The molecular weight excluding hydrogens is 877 g/mol. The van der Waals surface area contributed by atoms with Crippen molar-refractivity contribution >= 4 is 47.9 Å². The molecule has 0 amide bonds. The van der Waals surface area contributed by atoms with Crippen molar-refractivity contribution in [3.63, 3.8) is 0 Å². The number of rotatable bonds is 24. The van der Waals surface area contributed by atoms with Crippen LogP contribution < -0.4 is 10.3 Å². The Bertz CT molecular complexity index is 1830. The first-order chi connectivity index (χ1) is 28.5. The van der Waals surface area contributed by atoms with E-state index in [0.29, 0.717) is 12.8 Å². The van der Waals surface area contributed by atoms with E-state index in [1.54, 1.807) is 24.3 Å². The van der Waals surface area contributed by atoms with E-state index in [2.05, 4.69) is 33.7 Å². The molecule has 0 fully saturated rings. The zero-order valence-corrected chi connectivity index (χ0v) is 41.1. The fourth-order valence-electron chi connectivity index (χ4n) is 5.76. The molecule has 344 valence electrons. The second kappa shape index (κ2) is 32.5. The predicted molar refractivity (Wildman–Crippen MR) is 252 cm³/mol. The van der Waals surface area contributed by atoms with Crippen LogP contribution in [-0.2, 0) is 39.1 Å². The molecule has 2 rings (SSSR count). The number of hydrogen-bond acceptors (Lipinski definition) is 8. The van der Waals surface area contributed by atoms with Gasteiger partial charge in [-0.1, -0.05) is 118 Å². The van der Waals surface area contributed by atoms with Gasteiger partial charge < -0.3 is 9.47 Å². The molecule has 0 spiro atoms. The zero-order chi connectivity index (χ0) is 46.2. The lowest BCUT2D eigenvalue weighted by Gasteiger charge is -2.19. The maximum atomic E-state index is 11.6. The number of carbonyl (C=O) groups is 2. The minimum atomic E-state index is -3.64. The monoisotopic (exact) mass is 950 g/mol. The van der Waals surface area contributed by atoms with Crippen LogP contribution in [0.4, 0.5) is 0 Å². The maximum absolute atomic E-state index is 11.6. The van der Waals surface area contributed by atoms with Crippen LogP contribution in [0.25, 0.3) is 0 Å². The second-order valence-electron chi connectivity index (χ2n) is 17.1. The number of sulfonamides is 2. The lowest BCUT2D eigenvalue weighted by Crippen LogP contribution is -2.23. The summed E-state index contributed by atoms with van der Waals surface area (Å²) in [6.07, 6.45) is 29.4. The van der Waals surface area contributed by atoms with Gasteiger partial charge in [-0.2, -0.15) is 0 Å². The predicted octanol–water partition coefficient (Wildman–Crippen LogP) is 11.7. The van der Waals surface area contributed by atoms with Gasteiger partial charge in [0.1, 0.15) is 11.2 Å². The SMILES string of the molecule is C#CCCCCCCCCCCCC(=O)OC(C)(C)C.CC(C)(C)OC(=O)CCCCCCCCCCCC#Cc1ccc(S(N)(=O)=O)cc1.NS(=O)(=O)c1ccc(Br)cc1. The van der Waals surface area contributed by atoms with E-state index in [0.717, 1.165) is 55.0 Å². The first-order valence-electron chi connectivity index (χ1n) is 21.8. The number of unbranched alkanes of at least 4 members (excludes halogenated alkanes) is 18. The second-order valence-corrected chi connectivity index (χ2v) is 21.1. The van der Waals surface area contributed by atoms with Crippen molar-refractivity contribution in [3.8, 4) is 24.2 Å². The van der Waals surface area contributed by atoms with Crippen molar-refractivity contribution in [3.05, 3.63) is 58.6 Å². The standard InChI is InChI=1S/C24H37NO4S.C18H32O2.C6H6BrNO2S/c1-24(2,3)29-23(26)16-14-12-10-8-6-4-5-7-9-11-13-15-21-17-19-22(20-18-21)30(25,27)28;1-5-6-7-8-9-10-11-12-13-14-15-16-17(19)20-18(2,3)4;7-5-1-3-6(4-2-5)11(8,9)10/h17-20H,4-12,14,16H2,1-3H3,(H2,25,27,28);1H,6-16H2,2-4H3;1-4H,(H2,8,9,10). The quantitative estimate of drug-likeness (QED) is 0.0594. The fourth-order valence-corrected chi connectivity index (χ4v) is 7.05. The van der Waals surface area contributed by atoms with E-state index in [9.17, 15) is 26.4 Å². The summed E-state index contributed by atoms with van der Waals surface area (Å²) in [5.41, 5.74) is 0.0646. The van der Waals surface area contributed by atoms with Crippen LogP contribution in [0.3, 0.4) is 0 Å². The molecule has 0 unspecified atom stereocenters. The first-order valence-corrected chi connectivity index (χ1v) is 25.7. The Morgan fingerprint density at radius 1 is 0.541 bits per heavy atom. The van der Waals surface area contributed by atoms with E-state index in [4.69, 9.17) is 26.2 Å².